The van der Waals surface area contributed by atoms with Gasteiger partial charge < -0.3 is 9.47 Å². The number of ketones is 1. The standard InChI is InChI=1S/C17H15FO3/c1-20-15-7-3-6-14(18)16(15)17(19)11-4-2-5-13(10-11)21-12-8-9-12/h2-7,10,12H,8-9H2,1H3. The SMILES string of the molecule is COc1cccc(F)c1C(=O)c1cccc(OC2CC2)c1. The number of hydrogen-bond acceptors (Lipinski definition) is 3. The number of rotatable bonds is 5. The Morgan fingerprint density at radius 1 is 1.19 bits per heavy atom. The average Bonchev–Trinajstić information content (AvgIpc) is 3.30. The number of halogens is 1. The highest BCUT2D eigenvalue weighted by Crippen LogP contribution is 2.29. The summed E-state index contributed by atoms with van der Waals surface area (Å²) in [5.41, 5.74) is 0.333. The van der Waals surface area contributed by atoms with Crippen molar-refractivity contribution in [3.8, 4) is 11.5 Å². The normalized spacial score (nSPS) is 13.8. The van der Waals surface area contributed by atoms with Gasteiger partial charge in [-0.3, -0.25) is 4.79 Å². The van der Waals surface area contributed by atoms with Crippen LogP contribution in [0.15, 0.2) is 42.5 Å². The minimum Gasteiger partial charge on any atom is -0.496 e. The number of ether oxygens (including phenoxy) is 2. The minimum absolute atomic E-state index is 0.0522. The molecular formula is C17H15FO3. The van der Waals surface area contributed by atoms with E-state index in [1.807, 2.05) is 0 Å². The van der Waals surface area contributed by atoms with Gasteiger partial charge in [-0.05, 0) is 37.1 Å². The van der Waals surface area contributed by atoms with Crippen LogP contribution in [0.4, 0.5) is 4.39 Å². The zero-order valence-corrected chi connectivity index (χ0v) is 11.6. The first-order chi connectivity index (χ1) is 10.2. The smallest absolute Gasteiger partial charge is 0.199 e. The van der Waals surface area contributed by atoms with Gasteiger partial charge in [0.1, 0.15) is 22.9 Å². The van der Waals surface area contributed by atoms with Crippen molar-refractivity contribution in [2.45, 2.75) is 18.9 Å². The Kier molecular flexibility index (Phi) is 3.60. The molecular weight excluding hydrogens is 271 g/mol. The van der Waals surface area contributed by atoms with Crippen LogP contribution in [-0.2, 0) is 0 Å². The van der Waals surface area contributed by atoms with Crippen molar-refractivity contribution in [3.63, 3.8) is 0 Å². The predicted octanol–water partition coefficient (Wildman–Crippen LogP) is 3.61. The van der Waals surface area contributed by atoms with E-state index in [0.717, 1.165) is 12.8 Å². The second-order valence-corrected chi connectivity index (χ2v) is 4.99. The summed E-state index contributed by atoms with van der Waals surface area (Å²) in [6.45, 7) is 0. The van der Waals surface area contributed by atoms with E-state index >= 15 is 0 Å². The Hall–Kier alpha value is -2.36. The van der Waals surface area contributed by atoms with Crippen LogP contribution in [0.25, 0.3) is 0 Å². The molecule has 1 aliphatic carbocycles. The van der Waals surface area contributed by atoms with Crippen LogP contribution in [0.5, 0.6) is 11.5 Å². The molecule has 0 atom stereocenters. The van der Waals surface area contributed by atoms with Gasteiger partial charge >= 0.3 is 0 Å². The number of benzene rings is 2. The van der Waals surface area contributed by atoms with Crippen molar-refractivity contribution in [2.24, 2.45) is 0 Å². The Balaban J connectivity index is 1.94. The van der Waals surface area contributed by atoms with Crippen molar-refractivity contribution in [1.82, 2.24) is 0 Å². The van der Waals surface area contributed by atoms with Gasteiger partial charge in [-0.1, -0.05) is 18.2 Å². The third-order valence-corrected chi connectivity index (χ3v) is 3.35. The van der Waals surface area contributed by atoms with Gasteiger partial charge in [0.05, 0.1) is 13.2 Å². The maximum absolute atomic E-state index is 14.0. The van der Waals surface area contributed by atoms with Gasteiger partial charge in [0, 0.05) is 5.56 Å². The molecule has 3 rings (SSSR count). The van der Waals surface area contributed by atoms with Crippen molar-refractivity contribution in [3.05, 3.63) is 59.4 Å². The van der Waals surface area contributed by atoms with E-state index in [-0.39, 0.29) is 17.4 Å². The van der Waals surface area contributed by atoms with Gasteiger partial charge in [-0.15, -0.1) is 0 Å². The molecule has 1 fully saturated rings. The van der Waals surface area contributed by atoms with E-state index in [9.17, 15) is 9.18 Å². The fourth-order valence-electron chi connectivity index (χ4n) is 2.13. The number of carbonyl (C=O) groups excluding carboxylic acids is 1. The van der Waals surface area contributed by atoms with Crippen LogP contribution >= 0.6 is 0 Å². The maximum atomic E-state index is 14.0. The molecule has 0 bridgehead atoms. The largest absolute Gasteiger partial charge is 0.496 e. The molecule has 4 heteroatoms. The van der Waals surface area contributed by atoms with Gasteiger partial charge in [0.15, 0.2) is 5.78 Å². The third kappa shape index (κ3) is 2.89. The lowest BCUT2D eigenvalue weighted by Crippen LogP contribution is -2.07. The second-order valence-electron chi connectivity index (χ2n) is 4.99. The fourth-order valence-corrected chi connectivity index (χ4v) is 2.13. The van der Waals surface area contributed by atoms with Gasteiger partial charge in [0.2, 0.25) is 0 Å². The van der Waals surface area contributed by atoms with Crippen molar-refractivity contribution in [1.29, 1.82) is 0 Å². The zero-order chi connectivity index (χ0) is 14.8. The lowest BCUT2D eigenvalue weighted by Gasteiger charge is -2.10. The van der Waals surface area contributed by atoms with Crippen LogP contribution in [0.1, 0.15) is 28.8 Å². The monoisotopic (exact) mass is 286 g/mol. The molecule has 0 spiro atoms. The highest BCUT2D eigenvalue weighted by atomic mass is 19.1. The van der Waals surface area contributed by atoms with E-state index in [1.165, 1.54) is 19.2 Å². The number of carbonyl (C=O) groups is 1. The van der Waals surface area contributed by atoms with Crippen molar-refractivity contribution in [2.75, 3.05) is 7.11 Å². The van der Waals surface area contributed by atoms with E-state index in [1.54, 1.807) is 30.3 Å². The first kappa shape index (κ1) is 13.6. The molecule has 0 unspecified atom stereocenters. The van der Waals surface area contributed by atoms with E-state index in [0.29, 0.717) is 11.3 Å². The summed E-state index contributed by atoms with van der Waals surface area (Å²) in [5.74, 6) is -0.133. The highest BCUT2D eigenvalue weighted by Gasteiger charge is 2.24. The Labute approximate surface area is 122 Å². The molecule has 1 aliphatic rings. The Morgan fingerprint density at radius 3 is 2.67 bits per heavy atom. The van der Waals surface area contributed by atoms with Gasteiger partial charge in [0.25, 0.3) is 0 Å². The molecule has 2 aromatic carbocycles. The molecule has 2 aromatic rings. The van der Waals surface area contributed by atoms with Crippen LogP contribution in [0, 0.1) is 5.82 Å². The summed E-state index contributed by atoms with van der Waals surface area (Å²) in [4.78, 5) is 12.5. The predicted molar refractivity (Wildman–Crippen MR) is 76.5 cm³/mol. The van der Waals surface area contributed by atoms with E-state index in [2.05, 4.69) is 0 Å². The fraction of sp³-hybridized carbons (Fsp3) is 0.235. The molecule has 3 nitrogen and oxygen atoms in total. The van der Waals surface area contributed by atoms with Crippen LogP contribution in [-0.4, -0.2) is 19.0 Å². The van der Waals surface area contributed by atoms with Crippen LogP contribution in [0.3, 0.4) is 0 Å². The highest BCUT2D eigenvalue weighted by molar-refractivity contribution is 6.11. The number of methoxy groups -OCH3 is 1. The van der Waals surface area contributed by atoms with Crippen molar-refractivity contribution >= 4 is 5.78 Å². The summed E-state index contributed by atoms with van der Waals surface area (Å²) in [5, 5.41) is 0. The summed E-state index contributed by atoms with van der Waals surface area (Å²) in [6, 6.07) is 11.2. The Bertz CT molecular complexity index is 677. The molecule has 1 saturated carbocycles. The molecule has 0 heterocycles. The zero-order valence-electron chi connectivity index (χ0n) is 11.6. The van der Waals surface area contributed by atoms with Crippen LogP contribution < -0.4 is 9.47 Å². The minimum atomic E-state index is -0.590. The average molecular weight is 286 g/mol. The lowest BCUT2D eigenvalue weighted by molar-refractivity contribution is 0.103. The van der Waals surface area contributed by atoms with E-state index < -0.39 is 11.6 Å². The molecule has 108 valence electrons. The van der Waals surface area contributed by atoms with Gasteiger partial charge in [-0.2, -0.15) is 0 Å². The lowest BCUT2D eigenvalue weighted by atomic mass is 10.0. The topological polar surface area (TPSA) is 35.5 Å². The van der Waals surface area contributed by atoms with Crippen molar-refractivity contribution < 1.29 is 18.7 Å². The number of hydrogen-bond donors (Lipinski definition) is 0. The molecule has 0 amide bonds. The van der Waals surface area contributed by atoms with Gasteiger partial charge in [-0.25, -0.2) is 4.39 Å². The van der Waals surface area contributed by atoms with E-state index in [4.69, 9.17) is 9.47 Å². The summed E-state index contributed by atoms with van der Waals surface area (Å²) in [7, 11) is 1.41. The third-order valence-electron chi connectivity index (χ3n) is 3.35. The first-order valence-corrected chi connectivity index (χ1v) is 6.83. The summed E-state index contributed by atoms with van der Waals surface area (Å²) >= 11 is 0. The van der Waals surface area contributed by atoms with Crippen LogP contribution in [0.2, 0.25) is 0 Å². The quantitative estimate of drug-likeness (QED) is 0.788. The first-order valence-electron chi connectivity index (χ1n) is 6.83. The molecule has 0 aromatic heterocycles. The molecule has 0 saturated heterocycles. The molecule has 21 heavy (non-hydrogen) atoms. The maximum Gasteiger partial charge on any atom is 0.199 e. The second kappa shape index (κ2) is 5.56. The molecule has 0 radical (unpaired) electrons. The summed E-state index contributed by atoms with van der Waals surface area (Å²) in [6.07, 6.45) is 2.33. The Morgan fingerprint density at radius 2 is 1.95 bits per heavy atom. The molecule has 0 aliphatic heterocycles. The summed E-state index contributed by atoms with van der Waals surface area (Å²) < 4.78 is 24.7. The molecule has 0 N–H and O–H groups in total.